The van der Waals surface area contributed by atoms with Gasteiger partial charge in [0.15, 0.2) is 5.82 Å². The highest BCUT2D eigenvalue weighted by Crippen LogP contribution is 2.10. The Kier molecular flexibility index (Phi) is 5.50. The highest BCUT2D eigenvalue weighted by Gasteiger charge is 2.14. The van der Waals surface area contributed by atoms with Crippen LogP contribution < -0.4 is 16.4 Å². The number of hydrogen-bond donors (Lipinski definition) is 3. The molecule has 1 aromatic heterocycles. The fourth-order valence-electron chi connectivity index (χ4n) is 1.48. The average Bonchev–Trinajstić information content (AvgIpc) is 2.27. The lowest BCUT2D eigenvalue weighted by atomic mass is 10.3. The topological polar surface area (TPSA) is 102 Å². The van der Waals surface area contributed by atoms with Gasteiger partial charge in [-0.05, 0) is 20.8 Å². The molecule has 0 saturated heterocycles. The number of ether oxygens (including phenoxy) is 1. The third-order valence-electron chi connectivity index (χ3n) is 2.25. The molecule has 19 heavy (non-hydrogen) atoms. The summed E-state index contributed by atoms with van der Waals surface area (Å²) in [6, 6.07) is 1.27. The van der Waals surface area contributed by atoms with Gasteiger partial charge in [-0.2, -0.15) is 0 Å². The molecule has 0 aromatic carbocycles. The van der Waals surface area contributed by atoms with E-state index in [1.54, 1.807) is 20.1 Å². The minimum absolute atomic E-state index is 0.0938. The molecule has 1 atom stereocenters. The van der Waals surface area contributed by atoms with Gasteiger partial charge in [-0.15, -0.1) is 0 Å². The van der Waals surface area contributed by atoms with Crippen molar-refractivity contribution in [1.82, 2.24) is 15.3 Å². The number of methoxy groups -OCH3 is 1. The second-order valence-corrected chi connectivity index (χ2v) is 4.56. The molecule has 0 radical (unpaired) electrons. The quantitative estimate of drug-likeness (QED) is 0.695. The zero-order chi connectivity index (χ0) is 14.4. The van der Waals surface area contributed by atoms with E-state index in [1.165, 1.54) is 0 Å². The zero-order valence-electron chi connectivity index (χ0n) is 11.7. The normalized spacial score (nSPS) is 12.3. The molecule has 7 heteroatoms. The molecule has 0 aliphatic carbocycles. The summed E-state index contributed by atoms with van der Waals surface area (Å²) >= 11 is 0. The Balaban J connectivity index is 2.73. The van der Waals surface area contributed by atoms with E-state index in [0.29, 0.717) is 17.5 Å². The fourth-order valence-corrected chi connectivity index (χ4v) is 1.48. The molecule has 7 nitrogen and oxygen atoms in total. The van der Waals surface area contributed by atoms with E-state index in [2.05, 4.69) is 20.6 Å². The lowest BCUT2D eigenvalue weighted by Gasteiger charge is -2.17. The Labute approximate surface area is 113 Å². The number of nitrogens with two attached hydrogens (primary N) is 1. The van der Waals surface area contributed by atoms with Gasteiger partial charge in [-0.25, -0.2) is 9.97 Å². The van der Waals surface area contributed by atoms with Crippen LogP contribution in [0.15, 0.2) is 6.07 Å². The van der Waals surface area contributed by atoms with Crippen LogP contribution in [0.5, 0.6) is 0 Å². The maximum atomic E-state index is 11.8. The Bertz CT molecular complexity index is 436. The number of hydrogen-bond acceptors (Lipinski definition) is 6. The van der Waals surface area contributed by atoms with Gasteiger partial charge in [0.2, 0.25) is 5.91 Å². The summed E-state index contributed by atoms with van der Waals surface area (Å²) in [4.78, 5) is 20.0. The van der Waals surface area contributed by atoms with Crippen molar-refractivity contribution in [2.45, 2.75) is 39.5 Å². The molecular formula is C12H21N5O2. The molecule has 4 N–H and O–H groups in total. The number of carbonyl (C=O) groups excluding carboxylic acids is 1. The minimum atomic E-state index is -0.410. The maximum Gasteiger partial charge on any atom is 0.242 e. The summed E-state index contributed by atoms with van der Waals surface area (Å²) in [6.45, 7) is 5.84. The molecular weight excluding hydrogens is 246 g/mol. The number of rotatable bonds is 6. The largest absolute Gasteiger partial charge is 0.384 e. The second kappa shape index (κ2) is 6.89. The van der Waals surface area contributed by atoms with Crippen LogP contribution in [0.25, 0.3) is 0 Å². The smallest absolute Gasteiger partial charge is 0.242 e. The van der Waals surface area contributed by atoms with Gasteiger partial charge in [-0.3, -0.25) is 4.79 Å². The van der Waals surface area contributed by atoms with Crippen molar-refractivity contribution in [2.75, 3.05) is 18.2 Å². The van der Waals surface area contributed by atoms with Crippen LogP contribution in [-0.4, -0.2) is 35.1 Å². The van der Waals surface area contributed by atoms with Gasteiger partial charge in [-0.1, -0.05) is 0 Å². The summed E-state index contributed by atoms with van der Waals surface area (Å²) in [7, 11) is 1.55. The van der Waals surface area contributed by atoms with E-state index < -0.39 is 6.04 Å². The Morgan fingerprint density at radius 2 is 2.11 bits per heavy atom. The third-order valence-corrected chi connectivity index (χ3v) is 2.25. The molecule has 0 saturated carbocycles. The minimum Gasteiger partial charge on any atom is -0.384 e. The molecule has 1 rings (SSSR count). The van der Waals surface area contributed by atoms with Crippen molar-refractivity contribution in [3.8, 4) is 0 Å². The predicted molar refractivity (Wildman–Crippen MR) is 73.5 cm³/mol. The summed E-state index contributed by atoms with van der Waals surface area (Å²) in [5.41, 5.74) is 5.68. The number of nitrogen functional groups attached to an aromatic ring is 1. The molecule has 106 valence electrons. The molecule has 0 bridgehead atoms. The molecule has 0 aliphatic rings. The number of carbonyl (C=O) groups is 1. The van der Waals surface area contributed by atoms with E-state index in [1.807, 2.05) is 13.8 Å². The third kappa shape index (κ3) is 5.09. The lowest BCUT2D eigenvalue weighted by molar-refractivity contribution is -0.122. The average molecular weight is 267 g/mol. The summed E-state index contributed by atoms with van der Waals surface area (Å²) in [6.07, 6.45) is 0. The van der Waals surface area contributed by atoms with Gasteiger partial charge in [0, 0.05) is 19.2 Å². The van der Waals surface area contributed by atoms with Crippen molar-refractivity contribution >= 4 is 17.5 Å². The fraction of sp³-hybridized carbons (Fsp3) is 0.583. The van der Waals surface area contributed by atoms with Gasteiger partial charge in [0.05, 0.1) is 0 Å². The van der Waals surface area contributed by atoms with E-state index in [9.17, 15) is 4.79 Å². The van der Waals surface area contributed by atoms with Crippen molar-refractivity contribution in [3.63, 3.8) is 0 Å². The number of anilines is 2. The maximum absolute atomic E-state index is 11.8. The van der Waals surface area contributed by atoms with Crippen molar-refractivity contribution < 1.29 is 9.53 Å². The second-order valence-electron chi connectivity index (χ2n) is 4.56. The lowest BCUT2D eigenvalue weighted by Crippen LogP contribution is -2.41. The molecule has 1 amide bonds. The van der Waals surface area contributed by atoms with Gasteiger partial charge >= 0.3 is 0 Å². The first-order chi connectivity index (χ1) is 8.92. The van der Waals surface area contributed by atoms with Crippen molar-refractivity contribution in [2.24, 2.45) is 0 Å². The highest BCUT2D eigenvalue weighted by molar-refractivity contribution is 5.84. The number of nitrogens with zero attached hydrogens (tertiary/aromatic N) is 2. The van der Waals surface area contributed by atoms with E-state index in [-0.39, 0.29) is 18.6 Å². The predicted octanol–water partition coefficient (Wildman–Crippen LogP) is 0.530. The van der Waals surface area contributed by atoms with Gasteiger partial charge in [0.25, 0.3) is 0 Å². The highest BCUT2D eigenvalue weighted by atomic mass is 16.5. The van der Waals surface area contributed by atoms with E-state index in [4.69, 9.17) is 10.5 Å². The Hall–Kier alpha value is -1.89. The molecule has 1 heterocycles. The van der Waals surface area contributed by atoms with Crippen LogP contribution in [0.3, 0.4) is 0 Å². The molecule has 1 unspecified atom stereocenters. The van der Waals surface area contributed by atoms with Crippen LogP contribution in [0, 0.1) is 0 Å². The first kappa shape index (κ1) is 15.2. The SMILES string of the molecule is COCc1nc(N)cc(NC(C)C(=O)NC(C)C)n1. The summed E-state index contributed by atoms with van der Waals surface area (Å²) in [5.74, 6) is 1.22. The standard InChI is InChI=1S/C12H21N5O2/c1-7(2)14-12(18)8(3)15-10-5-9(13)16-11(17-10)6-19-4/h5,7-8H,6H2,1-4H3,(H,14,18)(H3,13,15,16,17). The first-order valence-corrected chi connectivity index (χ1v) is 6.11. The van der Waals surface area contributed by atoms with Crippen molar-refractivity contribution in [3.05, 3.63) is 11.9 Å². The molecule has 0 spiro atoms. The van der Waals surface area contributed by atoms with Crippen LogP contribution in [0.4, 0.5) is 11.6 Å². The van der Waals surface area contributed by atoms with E-state index >= 15 is 0 Å². The number of amides is 1. The molecule has 0 aliphatic heterocycles. The molecule has 1 aromatic rings. The summed E-state index contributed by atoms with van der Waals surface area (Å²) < 4.78 is 4.96. The van der Waals surface area contributed by atoms with Crippen molar-refractivity contribution in [1.29, 1.82) is 0 Å². The Morgan fingerprint density at radius 1 is 1.42 bits per heavy atom. The van der Waals surface area contributed by atoms with Crippen LogP contribution >= 0.6 is 0 Å². The Morgan fingerprint density at radius 3 is 2.68 bits per heavy atom. The number of aromatic nitrogens is 2. The first-order valence-electron chi connectivity index (χ1n) is 6.11. The summed E-state index contributed by atoms with van der Waals surface area (Å²) in [5, 5.41) is 5.80. The van der Waals surface area contributed by atoms with Gasteiger partial charge < -0.3 is 21.1 Å². The van der Waals surface area contributed by atoms with Crippen LogP contribution in [0.1, 0.15) is 26.6 Å². The molecule has 0 fully saturated rings. The van der Waals surface area contributed by atoms with Gasteiger partial charge in [0.1, 0.15) is 24.3 Å². The van der Waals surface area contributed by atoms with E-state index in [0.717, 1.165) is 0 Å². The van der Waals surface area contributed by atoms with Crippen LogP contribution in [-0.2, 0) is 16.1 Å². The zero-order valence-corrected chi connectivity index (χ0v) is 11.7. The monoisotopic (exact) mass is 267 g/mol. The van der Waals surface area contributed by atoms with Crippen LogP contribution in [0.2, 0.25) is 0 Å². The number of nitrogens with one attached hydrogen (secondary N) is 2.